The summed E-state index contributed by atoms with van der Waals surface area (Å²) in [5.74, 6) is 1.48. The molecular weight excluding hydrogens is 254 g/mol. The Morgan fingerprint density at radius 3 is 2.55 bits per heavy atom. The van der Waals surface area contributed by atoms with Crippen molar-refractivity contribution >= 4 is 5.69 Å². The molecule has 0 saturated carbocycles. The largest absolute Gasteiger partial charge is 0.493 e. The van der Waals surface area contributed by atoms with Gasteiger partial charge in [-0.05, 0) is 26.0 Å². The monoisotopic (exact) mass is 269 g/mol. The molecule has 2 N–H and O–H groups in total. The first kappa shape index (κ1) is 13.7. The second-order valence-electron chi connectivity index (χ2n) is 4.35. The summed E-state index contributed by atoms with van der Waals surface area (Å²) < 4.78 is 11.0. The maximum Gasteiger partial charge on any atom is 0.169 e. The molecule has 2 aromatic rings. The van der Waals surface area contributed by atoms with Gasteiger partial charge in [0.15, 0.2) is 11.5 Å². The summed E-state index contributed by atoms with van der Waals surface area (Å²) in [7, 11) is 1.54. The third-order valence-corrected chi connectivity index (χ3v) is 2.81. The molecule has 0 aliphatic rings. The zero-order valence-electron chi connectivity index (χ0n) is 11.6. The number of methoxy groups -OCH3 is 1. The molecule has 0 unspecified atom stereocenters. The van der Waals surface area contributed by atoms with Gasteiger partial charge in [0.05, 0.1) is 12.8 Å². The van der Waals surface area contributed by atoms with Gasteiger partial charge in [-0.15, -0.1) is 0 Å². The van der Waals surface area contributed by atoms with Crippen molar-refractivity contribution in [3.8, 4) is 23.3 Å². The van der Waals surface area contributed by atoms with Crippen molar-refractivity contribution in [3.05, 3.63) is 41.2 Å². The minimum Gasteiger partial charge on any atom is -0.493 e. The Morgan fingerprint density at radius 2 is 1.90 bits per heavy atom. The number of hydrogen-bond donors (Lipinski definition) is 1. The second kappa shape index (κ2) is 5.49. The standard InChI is InChI=1S/C15H15N3O2/c1-9-6-14(12(8-16)10(2)18-9)20-13-5-4-11(17)7-15(13)19-3/h4-7H,17H2,1-3H3. The van der Waals surface area contributed by atoms with Crippen LogP contribution in [0.4, 0.5) is 5.69 Å². The number of anilines is 1. The zero-order valence-corrected chi connectivity index (χ0v) is 11.6. The summed E-state index contributed by atoms with van der Waals surface area (Å²) in [4.78, 5) is 4.25. The fourth-order valence-electron chi connectivity index (χ4n) is 1.90. The summed E-state index contributed by atoms with van der Waals surface area (Å²) in [5, 5.41) is 9.22. The van der Waals surface area contributed by atoms with E-state index < -0.39 is 0 Å². The number of benzene rings is 1. The van der Waals surface area contributed by atoms with Crippen LogP contribution in [-0.2, 0) is 0 Å². The highest BCUT2D eigenvalue weighted by Gasteiger charge is 2.13. The number of aromatic nitrogens is 1. The lowest BCUT2D eigenvalue weighted by Crippen LogP contribution is -1.98. The summed E-state index contributed by atoms with van der Waals surface area (Å²) >= 11 is 0. The molecule has 0 amide bonds. The number of aryl methyl sites for hydroxylation is 2. The zero-order chi connectivity index (χ0) is 14.7. The number of nitrogen functional groups attached to an aromatic ring is 1. The highest BCUT2D eigenvalue weighted by molar-refractivity contribution is 5.55. The Kier molecular flexibility index (Phi) is 3.76. The van der Waals surface area contributed by atoms with E-state index in [9.17, 15) is 5.26 Å². The van der Waals surface area contributed by atoms with Crippen molar-refractivity contribution in [3.63, 3.8) is 0 Å². The van der Waals surface area contributed by atoms with Gasteiger partial charge in [-0.2, -0.15) is 5.26 Å². The Labute approximate surface area is 117 Å². The van der Waals surface area contributed by atoms with Gasteiger partial charge in [-0.1, -0.05) is 0 Å². The molecule has 0 fully saturated rings. The van der Waals surface area contributed by atoms with Crippen LogP contribution >= 0.6 is 0 Å². The SMILES string of the molecule is COc1cc(N)ccc1Oc1cc(C)nc(C)c1C#N. The first-order valence-electron chi connectivity index (χ1n) is 6.05. The van der Waals surface area contributed by atoms with Gasteiger partial charge >= 0.3 is 0 Å². The molecule has 102 valence electrons. The quantitative estimate of drug-likeness (QED) is 0.866. The van der Waals surface area contributed by atoms with Crippen LogP contribution in [0.5, 0.6) is 17.2 Å². The van der Waals surface area contributed by atoms with Crippen molar-refractivity contribution < 1.29 is 9.47 Å². The van der Waals surface area contributed by atoms with Gasteiger partial charge in [0, 0.05) is 23.5 Å². The average Bonchev–Trinajstić information content (AvgIpc) is 2.40. The minimum atomic E-state index is 0.412. The number of nitriles is 1. The molecule has 0 bridgehead atoms. The average molecular weight is 269 g/mol. The lowest BCUT2D eigenvalue weighted by atomic mass is 10.2. The fourth-order valence-corrected chi connectivity index (χ4v) is 1.90. The van der Waals surface area contributed by atoms with E-state index >= 15 is 0 Å². The van der Waals surface area contributed by atoms with Crippen molar-refractivity contribution in [2.75, 3.05) is 12.8 Å². The van der Waals surface area contributed by atoms with Crippen LogP contribution in [0, 0.1) is 25.2 Å². The van der Waals surface area contributed by atoms with Crippen LogP contribution in [0.25, 0.3) is 0 Å². The maximum atomic E-state index is 9.22. The number of pyridine rings is 1. The van der Waals surface area contributed by atoms with E-state index in [1.54, 1.807) is 31.2 Å². The fraction of sp³-hybridized carbons (Fsp3) is 0.200. The molecule has 1 aromatic heterocycles. The normalized spacial score (nSPS) is 9.90. The Morgan fingerprint density at radius 1 is 1.15 bits per heavy atom. The van der Waals surface area contributed by atoms with Crippen LogP contribution < -0.4 is 15.2 Å². The predicted molar refractivity (Wildman–Crippen MR) is 75.9 cm³/mol. The smallest absolute Gasteiger partial charge is 0.169 e. The molecule has 0 aliphatic carbocycles. The van der Waals surface area contributed by atoms with Crippen LogP contribution in [0.3, 0.4) is 0 Å². The number of nitrogens with two attached hydrogens (primary N) is 1. The maximum absolute atomic E-state index is 9.22. The molecule has 0 radical (unpaired) electrons. The van der Waals surface area contributed by atoms with Gasteiger partial charge in [0.2, 0.25) is 0 Å². The summed E-state index contributed by atoms with van der Waals surface area (Å²) in [5.41, 5.74) is 8.11. The predicted octanol–water partition coefficient (Wildman–Crippen LogP) is 2.95. The van der Waals surface area contributed by atoms with Gasteiger partial charge in [-0.25, -0.2) is 0 Å². The molecule has 5 heteroatoms. The topological polar surface area (TPSA) is 81.2 Å². The number of ether oxygens (including phenoxy) is 2. The van der Waals surface area contributed by atoms with Gasteiger partial charge in [0.1, 0.15) is 17.4 Å². The first-order valence-corrected chi connectivity index (χ1v) is 6.05. The lowest BCUT2D eigenvalue weighted by molar-refractivity contribution is 0.378. The van der Waals surface area contributed by atoms with Crippen LogP contribution in [0.15, 0.2) is 24.3 Å². The van der Waals surface area contributed by atoms with Gasteiger partial charge < -0.3 is 15.2 Å². The van der Waals surface area contributed by atoms with Crippen LogP contribution in [0.2, 0.25) is 0 Å². The van der Waals surface area contributed by atoms with E-state index in [0.29, 0.717) is 34.2 Å². The van der Waals surface area contributed by atoms with Crippen molar-refractivity contribution in [2.45, 2.75) is 13.8 Å². The highest BCUT2D eigenvalue weighted by Crippen LogP contribution is 2.35. The van der Waals surface area contributed by atoms with E-state index in [4.69, 9.17) is 15.2 Å². The van der Waals surface area contributed by atoms with Gasteiger partial charge in [0.25, 0.3) is 0 Å². The Bertz CT molecular complexity index is 690. The second-order valence-corrected chi connectivity index (χ2v) is 4.35. The van der Waals surface area contributed by atoms with Crippen molar-refractivity contribution in [2.24, 2.45) is 0 Å². The van der Waals surface area contributed by atoms with Gasteiger partial charge in [-0.3, -0.25) is 4.98 Å². The Balaban J connectivity index is 2.48. The van der Waals surface area contributed by atoms with E-state index in [2.05, 4.69) is 11.1 Å². The number of nitrogens with zero attached hydrogens (tertiary/aromatic N) is 2. The molecule has 1 aromatic carbocycles. The van der Waals surface area contributed by atoms with E-state index in [1.807, 2.05) is 6.92 Å². The number of rotatable bonds is 3. The van der Waals surface area contributed by atoms with Crippen LogP contribution in [0.1, 0.15) is 17.0 Å². The minimum absolute atomic E-state index is 0.412. The summed E-state index contributed by atoms with van der Waals surface area (Å²) in [6.45, 7) is 3.62. The molecule has 0 spiro atoms. The molecule has 0 saturated heterocycles. The molecule has 5 nitrogen and oxygen atoms in total. The summed E-state index contributed by atoms with van der Waals surface area (Å²) in [6, 6.07) is 8.92. The van der Waals surface area contributed by atoms with Crippen molar-refractivity contribution in [1.82, 2.24) is 4.98 Å². The summed E-state index contributed by atoms with van der Waals surface area (Å²) in [6.07, 6.45) is 0. The molecule has 0 aliphatic heterocycles. The third-order valence-electron chi connectivity index (χ3n) is 2.81. The van der Waals surface area contributed by atoms with E-state index in [-0.39, 0.29) is 0 Å². The highest BCUT2D eigenvalue weighted by atomic mass is 16.5. The van der Waals surface area contributed by atoms with Crippen molar-refractivity contribution in [1.29, 1.82) is 5.26 Å². The number of hydrogen-bond acceptors (Lipinski definition) is 5. The molecule has 1 heterocycles. The van der Waals surface area contributed by atoms with E-state index in [0.717, 1.165) is 5.69 Å². The molecule has 2 rings (SSSR count). The van der Waals surface area contributed by atoms with Crippen LogP contribution in [-0.4, -0.2) is 12.1 Å². The lowest BCUT2D eigenvalue weighted by Gasteiger charge is -2.13. The molecule has 20 heavy (non-hydrogen) atoms. The first-order chi connectivity index (χ1) is 9.55. The Hall–Kier alpha value is -2.74. The molecular formula is C15H15N3O2. The third kappa shape index (κ3) is 2.64. The van der Waals surface area contributed by atoms with E-state index in [1.165, 1.54) is 7.11 Å². The molecule has 0 atom stereocenters.